The molecule has 110 valence electrons. The lowest BCUT2D eigenvalue weighted by Gasteiger charge is -2.35. The second-order valence-electron chi connectivity index (χ2n) is 4.96. The average Bonchev–Trinajstić information content (AvgIpc) is 2.46. The van der Waals surface area contributed by atoms with Gasteiger partial charge in [-0.25, -0.2) is 9.97 Å². The Balaban J connectivity index is 2.19. The third-order valence-electron chi connectivity index (χ3n) is 3.07. The van der Waals surface area contributed by atoms with Gasteiger partial charge in [-0.2, -0.15) is 0 Å². The number of hydrogen-bond donors (Lipinski definition) is 2. The Kier molecular flexibility index (Phi) is 4.73. The molecule has 7 nitrogen and oxygen atoms in total. The van der Waals surface area contributed by atoms with E-state index in [4.69, 9.17) is 4.74 Å². The van der Waals surface area contributed by atoms with Crippen LogP contribution in [0.2, 0.25) is 0 Å². The van der Waals surface area contributed by atoms with E-state index in [0.717, 1.165) is 11.6 Å². The molecule has 0 radical (unpaired) electrons. The van der Waals surface area contributed by atoms with E-state index in [9.17, 15) is 4.79 Å². The van der Waals surface area contributed by atoms with Gasteiger partial charge >= 0.3 is 0 Å². The number of rotatable bonds is 4. The highest BCUT2D eigenvalue weighted by Gasteiger charge is 2.30. The Labute approximate surface area is 118 Å². The van der Waals surface area contributed by atoms with Crippen molar-refractivity contribution in [2.45, 2.75) is 25.9 Å². The monoisotopic (exact) mass is 279 g/mol. The lowest BCUT2D eigenvalue weighted by atomic mass is 10.2. The van der Waals surface area contributed by atoms with Crippen LogP contribution in [0.1, 0.15) is 13.8 Å². The number of amides is 1. The minimum Gasteiger partial charge on any atom is -0.377 e. The van der Waals surface area contributed by atoms with Crippen molar-refractivity contribution in [1.82, 2.24) is 15.3 Å². The first kappa shape index (κ1) is 14.5. The van der Waals surface area contributed by atoms with Crippen LogP contribution >= 0.6 is 0 Å². The summed E-state index contributed by atoms with van der Waals surface area (Å²) in [5.41, 5.74) is 0. The van der Waals surface area contributed by atoms with Crippen LogP contribution in [0.4, 0.5) is 11.6 Å². The van der Waals surface area contributed by atoms with E-state index in [0.29, 0.717) is 19.8 Å². The molecule has 1 fully saturated rings. The summed E-state index contributed by atoms with van der Waals surface area (Å²) < 4.78 is 5.43. The summed E-state index contributed by atoms with van der Waals surface area (Å²) in [4.78, 5) is 22.6. The van der Waals surface area contributed by atoms with Crippen molar-refractivity contribution < 1.29 is 9.53 Å². The Hall–Kier alpha value is -1.89. The van der Waals surface area contributed by atoms with Crippen molar-refractivity contribution in [2.75, 3.05) is 37.0 Å². The van der Waals surface area contributed by atoms with Crippen molar-refractivity contribution in [3.63, 3.8) is 0 Å². The molecule has 7 heteroatoms. The first-order chi connectivity index (χ1) is 9.61. The maximum atomic E-state index is 12.3. The molecule has 0 saturated carbocycles. The molecule has 1 aromatic rings. The van der Waals surface area contributed by atoms with E-state index >= 15 is 0 Å². The van der Waals surface area contributed by atoms with Crippen molar-refractivity contribution in [3.05, 3.63) is 12.4 Å². The topological polar surface area (TPSA) is 79.4 Å². The van der Waals surface area contributed by atoms with Gasteiger partial charge in [0, 0.05) is 25.7 Å². The predicted molar refractivity (Wildman–Crippen MR) is 76.8 cm³/mol. The molecule has 1 saturated heterocycles. The van der Waals surface area contributed by atoms with E-state index in [1.807, 2.05) is 24.8 Å². The fourth-order valence-corrected chi connectivity index (χ4v) is 2.12. The Morgan fingerprint density at radius 3 is 3.00 bits per heavy atom. The summed E-state index contributed by atoms with van der Waals surface area (Å²) in [6.07, 6.45) is 1.49. The molecular formula is C13H21N5O2. The molecule has 2 rings (SSSR count). The quantitative estimate of drug-likeness (QED) is 0.822. The Morgan fingerprint density at radius 2 is 2.30 bits per heavy atom. The molecule has 2 N–H and O–H groups in total. The number of ether oxygens (including phenoxy) is 1. The number of carbonyl (C=O) groups excluding carboxylic acids is 1. The van der Waals surface area contributed by atoms with Gasteiger partial charge in [0.2, 0.25) is 5.91 Å². The van der Waals surface area contributed by atoms with Crippen molar-refractivity contribution in [3.8, 4) is 0 Å². The Morgan fingerprint density at radius 1 is 1.50 bits per heavy atom. The maximum Gasteiger partial charge on any atom is 0.245 e. The van der Waals surface area contributed by atoms with Gasteiger partial charge in [-0.05, 0) is 13.8 Å². The van der Waals surface area contributed by atoms with Gasteiger partial charge in [-0.3, -0.25) is 4.79 Å². The van der Waals surface area contributed by atoms with Gasteiger partial charge in [-0.15, -0.1) is 0 Å². The summed E-state index contributed by atoms with van der Waals surface area (Å²) in [6, 6.07) is 1.58. The van der Waals surface area contributed by atoms with Crippen LogP contribution in [0.15, 0.2) is 12.4 Å². The van der Waals surface area contributed by atoms with Crippen molar-refractivity contribution in [2.24, 2.45) is 0 Å². The molecule has 1 atom stereocenters. The number of hydrogen-bond acceptors (Lipinski definition) is 6. The number of nitrogens with zero attached hydrogens (tertiary/aromatic N) is 3. The smallest absolute Gasteiger partial charge is 0.245 e. The number of anilines is 2. The number of carbonyl (C=O) groups is 1. The third kappa shape index (κ3) is 3.36. The zero-order chi connectivity index (χ0) is 14.5. The number of nitrogens with one attached hydrogen (secondary N) is 2. The van der Waals surface area contributed by atoms with Gasteiger partial charge in [0.25, 0.3) is 0 Å². The van der Waals surface area contributed by atoms with Crippen LogP contribution in [0.3, 0.4) is 0 Å². The van der Waals surface area contributed by atoms with Crippen LogP contribution in [-0.2, 0) is 9.53 Å². The molecule has 1 aromatic heterocycles. The van der Waals surface area contributed by atoms with Gasteiger partial charge in [0.1, 0.15) is 24.0 Å². The van der Waals surface area contributed by atoms with Gasteiger partial charge in [-0.1, -0.05) is 0 Å². The molecule has 0 spiro atoms. The molecule has 1 aliphatic rings. The van der Waals surface area contributed by atoms with E-state index in [-0.39, 0.29) is 18.0 Å². The van der Waals surface area contributed by atoms with E-state index in [2.05, 4.69) is 20.6 Å². The zero-order valence-electron chi connectivity index (χ0n) is 12.1. The molecule has 1 aliphatic heterocycles. The van der Waals surface area contributed by atoms with E-state index in [1.165, 1.54) is 6.33 Å². The molecule has 0 bridgehead atoms. The van der Waals surface area contributed by atoms with Crippen LogP contribution in [0, 0.1) is 0 Å². The van der Waals surface area contributed by atoms with Gasteiger partial charge in [0.15, 0.2) is 0 Å². The van der Waals surface area contributed by atoms with Crippen LogP contribution in [-0.4, -0.2) is 54.8 Å². The lowest BCUT2D eigenvalue weighted by molar-refractivity contribution is -0.125. The highest BCUT2D eigenvalue weighted by molar-refractivity contribution is 5.85. The summed E-state index contributed by atoms with van der Waals surface area (Å²) >= 11 is 0. The molecular weight excluding hydrogens is 258 g/mol. The number of morpholine rings is 1. The minimum absolute atomic E-state index is 0.0377. The maximum absolute atomic E-state index is 12.3. The fraction of sp³-hybridized carbons (Fsp3) is 0.615. The third-order valence-corrected chi connectivity index (χ3v) is 3.07. The largest absolute Gasteiger partial charge is 0.377 e. The van der Waals surface area contributed by atoms with Gasteiger partial charge < -0.3 is 20.3 Å². The molecule has 1 unspecified atom stereocenters. The van der Waals surface area contributed by atoms with Gasteiger partial charge in [0.05, 0.1) is 13.2 Å². The summed E-state index contributed by atoms with van der Waals surface area (Å²) in [7, 11) is 1.80. The van der Waals surface area contributed by atoms with Crippen LogP contribution in [0.25, 0.3) is 0 Å². The first-order valence-electron chi connectivity index (χ1n) is 6.76. The van der Waals surface area contributed by atoms with Crippen LogP contribution < -0.4 is 15.5 Å². The zero-order valence-corrected chi connectivity index (χ0v) is 12.1. The summed E-state index contributed by atoms with van der Waals surface area (Å²) in [5.74, 6) is 1.42. The highest BCUT2D eigenvalue weighted by Crippen LogP contribution is 2.19. The predicted octanol–water partition coefficient (Wildman–Crippen LogP) is 0.248. The second kappa shape index (κ2) is 6.51. The molecule has 0 aliphatic carbocycles. The second-order valence-corrected chi connectivity index (χ2v) is 4.96. The molecule has 1 amide bonds. The molecule has 20 heavy (non-hydrogen) atoms. The fourth-order valence-electron chi connectivity index (χ4n) is 2.12. The normalized spacial score (nSPS) is 19.0. The van der Waals surface area contributed by atoms with E-state index < -0.39 is 0 Å². The van der Waals surface area contributed by atoms with Crippen LogP contribution in [0.5, 0.6) is 0 Å². The number of aromatic nitrogens is 2. The van der Waals surface area contributed by atoms with E-state index in [1.54, 1.807) is 7.05 Å². The summed E-state index contributed by atoms with van der Waals surface area (Å²) in [6.45, 7) is 5.48. The molecule has 0 aromatic carbocycles. The average molecular weight is 279 g/mol. The SMILES string of the molecule is CNc1cc(N2CCOCC2C(=O)NC(C)C)ncn1. The lowest BCUT2D eigenvalue weighted by Crippen LogP contribution is -2.55. The first-order valence-corrected chi connectivity index (χ1v) is 6.76. The van der Waals surface area contributed by atoms with Crippen molar-refractivity contribution >= 4 is 17.5 Å². The minimum atomic E-state index is -0.356. The molecule has 2 heterocycles. The standard InChI is InChI=1S/C13H21N5O2/c1-9(2)17-13(19)10-7-20-5-4-18(10)12-6-11(14-3)15-8-16-12/h6,8-10H,4-5,7H2,1-3H3,(H,17,19)(H,14,15,16). The highest BCUT2D eigenvalue weighted by atomic mass is 16.5. The Bertz CT molecular complexity index is 466. The summed E-state index contributed by atoms with van der Waals surface area (Å²) in [5, 5.41) is 5.89. The van der Waals surface area contributed by atoms with Crippen molar-refractivity contribution in [1.29, 1.82) is 0 Å².